The largest absolute Gasteiger partial charge is 0.348 e. The molecular formula is C14H14N2O2. The maximum Gasteiger partial charge on any atom is 0.260 e. The van der Waals surface area contributed by atoms with E-state index >= 15 is 0 Å². The Kier molecular flexibility index (Phi) is 3.57. The Hall–Kier alpha value is -2.36. The van der Waals surface area contributed by atoms with Crippen molar-refractivity contribution in [2.45, 2.75) is 13.5 Å². The van der Waals surface area contributed by atoms with E-state index in [-0.39, 0.29) is 17.0 Å². The predicted octanol–water partition coefficient (Wildman–Crippen LogP) is 1.61. The summed E-state index contributed by atoms with van der Waals surface area (Å²) < 4.78 is 0. The fraction of sp³-hybridized carbons (Fsp3) is 0.143. The summed E-state index contributed by atoms with van der Waals surface area (Å²) in [5.41, 5.74) is 1.91. The molecule has 0 saturated carbocycles. The van der Waals surface area contributed by atoms with E-state index in [1.165, 1.54) is 12.3 Å². The molecule has 1 aromatic heterocycles. The summed E-state index contributed by atoms with van der Waals surface area (Å²) in [6.45, 7) is 2.40. The highest BCUT2D eigenvalue weighted by atomic mass is 16.2. The number of aryl methyl sites for hydroxylation is 1. The van der Waals surface area contributed by atoms with Crippen LogP contribution in [0.1, 0.15) is 21.5 Å². The van der Waals surface area contributed by atoms with Gasteiger partial charge in [-0.25, -0.2) is 0 Å². The number of amides is 1. The number of rotatable bonds is 3. The van der Waals surface area contributed by atoms with Crippen LogP contribution in [-0.2, 0) is 6.54 Å². The lowest BCUT2D eigenvalue weighted by Gasteiger charge is -2.07. The molecule has 0 spiro atoms. The molecule has 0 radical (unpaired) electrons. The normalized spacial score (nSPS) is 10.1. The van der Waals surface area contributed by atoms with Crippen molar-refractivity contribution in [3.8, 4) is 0 Å². The molecule has 0 fully saturated rings. The first-order valence-electron chi connectivity index (χ1n) is 5.69. The van der Waals surface area contributed by atoms with Crippen LogP contribution in [0.3, 0.4) is 0 Å². The van der Waals surface area contributed by atoms with Gasteiger partial charge in [-0.05, 0) is 30.2 Å². The highest BCUT2D eigenvalue weighted by Gasteiger charge is 2.09. The molecular weight excluding hydrogens is 228 g/mol. The molecule has 0 aliphatic rings. The SMILES string of the molecule is Cc1ccccc1CNC(=O)c1ccc[nH]c1=O. The monoisotopic (exact) mass is 242 g/mol. The lowest BCUT2D eigenvalue weighted by Crippen LogP contribution is -2.29. The first kappa shape index (κ1) is 12.1. The molecule has 0 aliphatic carbocycles. The molecule has 4 nitrogen and oxygen atoms in total. The number of aromatic nitrogens is 1. The van der Waals surface area contributed by atoms with Gasteiger partial charge in [0.2, 0.25) is 0 Å². The molecule has 1 heterocycles. The maximum absolute atomic E-state index is 11.8. The quantitative estimate of drug-likeness (QED) is 0.859. The van der Waals surface area contributed by atoms with Gasteiger partial charge in [-0.3, -0.25) is 9.59 Å². The van der Waals surface area contributed by atoms with Crippen molar-refractivity contribution in [2.24, 2.45) is 0 Å². The minimum Gasteiger partial charge on any atom is -0.348 e. The maximum atomic E-state index is 11.8. The Morgan fingerprint density at radius 3 is 2.72 bits per heavy atom. The van der Waals surface area contributed by atoms with Crippen molar-refractivity contribution in [2.75, 3.05) is 0 Å². The molecule has 92 valence electrons. The summed E-state index contributed by atoms with van der Waals surface area (Å²) in [7, 11) is 0. The van der Waals surface area contributed by atoms with Crippen LogP contribution in [0.25, 0.3) is 0 Å². The topological polar surface area (TPSA) is 62.0 Å². The van der Waals surface area contributed by atoms with Crippen molar-refractivity contribution in [1.82, 2.24) is 10.3 Å². The smallest absolute Gasteiger partial charge is 0.260 e. The van der Waals surface area contributed by atoms with Crippen LogP contribution in [0.2, 0.25) is 0 Å². The van der Waals surface area contributed by atoms with Gasteiger partial charge in [-0.2, -0.15) is 0 Å². The number of benzene rings is 1. The van der Waals surface area contributed by atoms with E-state index in [2.05, 4.69) is 10.3 Å². The Balaban J connectivity index is 2.08. The van der Waals surface area contributed by atoms with E-state index in [0.29, 0.717) is 6.54 Å². The second-order valence-corrected chi connectivity index (χ2v) is 4.02. The number of aromatic amines is 1. The molecule has 4 heteroatoms. The number of pyridine rings is 1. The first-order valence-corrected chi connectivity index (χ1v) is 5.69. The van der Waals surface area contributed by atoms with E-state index in [4.69, 9.17) is 0 Å². The molecule has 2 rings (SSSR count). The van der Waals surface area contributed by atoms with Crippen molar-refractivity contribution in [3.05, 3.63) is 69.6 Å². The van der Waals surface area contributed by atoms with Crippen LogP contribution in [-0.4, -0.2) is 10.9 Å². The van der Waals surface area contributed by atoms with Crippen molar-refractivity contribution in [1.29, 1.82) is 0 Å². The van der Waals surface area contributed by atoms with Gasteiger partial charge in [-0.1, -0.05) is 24.3 Å². The second-order valence-electron chi connectivity index (χ2n) is 4.02. The van der Waals surface area contributed by atoms with Crippen molar-refractivity contribution >= 4 is 5.91 Å². The molecule has 2 aromatic rings. The zero-order chi connectivity index (χ0) is 13.0. The average Bonchev–Trinajstić information content (AvgIpc) is 2.38. The molecule has 0 bridgehead atoms. The van der Waals surface area contributed by atoms with E-state index in [9.17, 15) is 9.59 Å². The van der Waals surface area contributed by atoms with Gasteiger partial charge in [0.05, 0.1) is 0 Å². The molecule has 0 saturated heterocycles. The van der Waals surface area contributed by atoms with E-state index in [1.807, 2.05) is 31.2 Å². The lowest BCUT2D eigenvalue weighted by atomic mass is 10.1. The Bertz CT molecular complexity index is 617. The fourth-order valence-electron chi connectivity index (χ4n) is 1.68. The average molecular weight is 242 g/mol. The van der Waals surface area contributed by atoms with Crippen LogP contribution in [0.15, 0.2) is 47.4 Å². The van der Waals surface area contributed by atoms with Gasteiger partial charge in [0.15, 0.2) is 0 Å². The zero-order valence-electron chi connectivity index (χ0n) is 10.1. The van der Waals surface area contributed by atoms with Crippen LogP contribution in [0.4, 0.5) is 0 Å². The fourth-order valence-corrected chi connectivity index (χ4v) is 1.68. The summed E-state index contributed by atoms with van der Waals surface area (Å²) >= 11 is 0. The number of H-pyrrole nitrogens is 1. The standard InChI is InChI=1S/C14H14N2O2/c1-10-5-2-3-6-11(10)9-16-14(18)12-7-4-8-15-13(12)17/h2-8H,9H2,1H3,(H,15,17)(H,16,18). The summed E-state index contributed by atoms with van der Waals surface area (Å²) in [5.74, 6) is -0.361. The minimum absolute atomic E-state index is 0.131. The van der Waals surface area contributed by atoms with Crippen molar-refractivity contribution in [3.63, 3.8) is 0 Å². The summed E-state index contributed by atoms with van der Waals surface area (Å²) in [5, 5.41) is 2.74. The summed E-state index contributed by atoms with van der Waals surface area (Å²) in [4.78, 5) is 25.7. The first-order chi connectivity index (χ1) is 8.68. The molecule has 1 amide bonds. The van der Waals surface area contributed by atoms with Gasteiger partial charge in [0.1, 0.15) is 5.56 Å². The summed E-state index contributed by atoms with van der Waals surface area (Å²) in [6.07, 6.45) is 1.50. The lowest BCUT2D eigenvalue weighted by molar-refractivity contribution is 0.0949. The second kappa shape index (κ2) is 5.31. The third-order valence-electron chi connectivity index (χ3n) is 2.76. The number of carbonyl (C=O) groups excluding carboxylic acids is 1. The van der Waals surface area contributed by atoms with Gasteiger partial charge in [0, 0.05) is 12.7 Å². The van der Waals surface area contributed by atoms with Crippen LogP contribution in [0.5, 0.6) is 0 Å². The van der Waals surface area contributed by atoms with Crippen LogP contribution in [0, 0.1) is 6.92 Å². The predicted molar refractivity (Wildman–Crippen MR) is 69.4 cm³/mol. The molecule has 18 heavy (non-hydrogen) atoms. The van der Waals surface area contributed by atoms with Gasteiger partial charge < -0.3 is 10.3 Å². The number of nitrogens with one attached hydrogen (secondary N) is 2. The Morgan fingerprint density at radius 1 is 1.22 bits per heavy atom. The van der Waals surface area contributed by atoms with E-state index < -0.39 is 0 Å². The molecule has 0 atom stereocenters. The van der Waals surface area contributed by atoms with Gasteiger partial charge >= 0.3 is 0 Å². The highest BCUT2D eigenvalue weighted by molar-refractivity contribution is 5.93. The molecule has 1 aromatic carbocycles. The minimum atomic E-state index is -0.375. The van der Waals surface area contributed by atoms with Crippen molar-refractivity contribution < 1.29 is 4.79 Å². The third-order valence-corrected chi connectivity index (χ3v) is 2.76. The van der Waals surface area contributed by atoms with Gasteiger partial charge in [-0.15, -0.1) is 0 Å². The molecule has 2 N–H and O–H groups in total. The van der Waals surface area contributed by atoms with Crippen LogP contribution >= 0.6 is 0 Å². The molecule has 0 aliphatic heterocycles. The number of carbonyl (C=O) groups is 1. The number of hydrogen-bond donors (Lipinski definition) is 2. The Morgan fingerprint density at radius 2 is 2.00 bits per heavy atom. The third kappa shape index (κ3) is 2.66. The number of hydrogen-bond acceptors (Lipinski definition) is 2. The Labute approximate surface area is 105 Å². The summed E-state index contributed by atoms with van der Waals surface area (Å²) in [6, 6.07) is 10.9. The van der Waals surface area contributed by atoms with Gasteiger partial charge in [0.25, 0.3) is 11.5 Å². The molecule has 0 unspecified atom stereocenters. The highest BCUT2D eigenvalue weighted by Crippen LogP contribution is 2.06. The van der Waals surface area contributed by atoms with E-state index in [0.717, 1.165) is 11.1 Å². The zero-order valence-corrected chi connectivity index (χ0v) is 10.1. The van der Waals surface area contributed by atoms with Crippen LogP contribution < -0.4 is 10.9 Å². The van der Waals surface area contributed by atoms with E-state index in [1.54, 1.807) is 6.07 Å².